The molecule has 1 aliphatic heterocycles. The Labute approximate surface area is 167 Å². The van der Waals surface area contributed by atoms with Gasteiger partial charge in [0.15, 0.2) is 0 Å². The van der Waals surface area contributed by atoms with E-state index in [9.17, 15) is 19.2 Å². The molecule has 0 aromatic heterocycles. The van der Waals surface area contributed by atoms with Gasteiger partial charge in [0.1, 0.15) is 0 Å². The van der Waals surface area contributed by atoms with Crippen LogP contribution in [0.3, 0.4) is 0 Å². The average molecular weight is 395 g/mol. The minimum atomic E-state index is -0.507. The predicted octanol–water partition coefficient (Wildman–Crippen LogP) is 2.42. The topological polar surface area (TPSA) is 105 Å². The van der Waals surface area contributed by atoms with E-state index in [0.717, 1.165) is 0 Å². The summed E-state index contributed by atoms with van der Waals surface area (Å²) in [6.45, 7) is 1.65. The standard InChI is InChI=1S/C21H21N3O5/c1-13(25)22-16-4-3-5-17(11-16)23-20(27)15-10-19(26)24(12-15)18-8-6-14(7-9-18)21(28)29-2/h3-9,11,15H,10,12H2,1-2H3,(H,22,25)(H,23,27). The lowest BCUT2D eigenvalue weighted by molar-refractivity contribution is -0.122. The van der Waals surface area contributed by atoms with E-state index in [1.54, 1.807) is 48.5 Å². The number of rotatable bonds is 5. The van der Waals surface area contributed by atoms with Gasteiger partial charge in [-0.2, -0.15) is 0 Å². The van der Waals surface area contributed by atoms with Gasteiger partial charge in [-0.1, -0.05) is 6.07 Å². The SMILES string of the molecule is COC(=O)c1ccc(N2CC(C(=O)Nc3cccc(NC(C)=O)c3)CC2=O)cc1. The number of carbonyl (C=O) groups is 4. The fourth-order valence-corrected chi connectivity index (χ4v) is 3.15. The van der Waals surface area contributed by atoms with E-state index in [2.05, 4.69) is 15.4 Å². The molecular formula is C21H21N3O5. The molecule has 8 nitrogen and oxygen atoms in total. The number of methoxy groups -OCH3 is 1. The Morgan fingerprint density at radius 1 is 1.03 bits per heavy atom. The molecule has 1 heterocycles. The van der Waals surface area contributed by atoms with Gasteiger partial charge in [0.25, 0.3) is 0 Å². The van der Waals surface area contributed by atoms with Crippen molar-refractivity contribution >= 4 is 40.8 Å². The lowest BCUT2D eigenvalue weighted by Gasteiger charge is -2.17. The summed E-state index contributed by atoms with van der Waals surface area (Å²) in [7, 11) is 1.30. The summed E-state index contributed by atoms with van der Waals surface area (Å²) in [6, 6.07) is 13.3. The number of hydrogen-bond acceptors (Lipinski definition) is 5. The summed E-state index contributed by atoms with van der Waals surface area (Å²) in [5.74, 6) is -1.60. The zero-order chi connectivity index (χ0) is 21.0. The molecule has 150 valence electrons. The molecule has 3 amide bonds. The molecule has 3 rings (SSSR count). The highest BCUT2D eigenvalue weighted by molar-refractivity contribution is 6.04. The predicted molar refractivity (Wildman–Crippen MR) is 108 cm³/mol. The molecule has 0 aliphatic carbocycles. The van der Waals surface area contributed by atoms with Gasteiger partial charge < -0.3 is 20.3 Å². The van der Waals surface area contributed by atoms with Gasteiger partial charge in [0.2, 0.25) is 17.7 Å². The van der Waals surface area contributed by atoms with Crippen molar-refractivity contribution in [3.05, 3.63) is 54.1 Å². The van der Waals surface area contributed by atoms with Gasteiger partial charge in [0.05, 0.1) is 18.6 Å². The van der Waals surface area contributed by atoms with Crippen LogP contribution < -0.4 is 15.5 Å². The molecule has 1 aliphatic rings. The third-order valence-corrected chi connectivity index (χ3v) is 4.55. The van der Waals surface area contributed by atoms with Gasteiger partial charge >= 0.3 is 5.97 Å². The molecule has 0 saturated carbocycles. The molecule has 8 heteroatoms. The first-order valence-electron chi connectivity index (χ1n) is 9.04. The Morgan fingerprint density at radius 3 is 2.31 bits per heavy atom. The monoisotopic (exact) mass is 395 g/mol. The van der Waals surface area contributed by atoms with Crippen LogP contribution in [0.15, 0.2) is 48.5 Å². The smallest absolute Gasteiger partial charge is 0.337 e. The van der Waals surface area contributed by atoms with Crippen molar-refractivity contribution in [2.45, 2.75) is 13.3 Å². The zero-order valence-corrected chi connectivity index (χ0v) is 16.1. The van der Waals surface area contributed by atoms with Gasteiger partial charge in [0, 0.05) is 37.0 Å². The van der Waals surface area contributed by atoms with Crippen molar-refractivity contribution in [3.8, 4) is 0 Å². The minimum Gasteiger partial charge on any atom is -0.465 e. The Kier molecular flexibility index (Phi) is 5.92. The molecule has 1 saturated heterocycles. The molecule has 1 fully saturated rings. The van der Waals surface area contributed by atoms with Crippen LogP contribution >= 0.6 is 0 Å². The van der Waals surface area contributed by atoms with E-state index in [4.69, 9.17) is 0 Å². The van der Waals surface area contributed by atoms with E-state index in [1.807, 2.05) is 0 Å². The lowest BCUT2D eigenvalue weighted by atomic mass is 10.1. The van der Waals surface area contributed by atoms with Crippen molar-refractivity contribution in [1.29, 1.82) is 0 Å². The van der Waals surface area contributed by atoms with Crippen LogP contribution in [0.1, 0.15) is 23.7 Å². The number of benzene rings is 2. The summed E-state index contributed by atoms with van der Waals surface area (Å²) in [5, 5.41) is 5.45. The molecule has 2 N–H and O–H groups in total. The van der Waals surface area contributed by atoms with Crippen molar-refractivity contribution < 1.29 is 23.9 Å². The number of hydrogen-bond donors (Lipinski definition) is 2. The number of carbonyl (C=O) groups excluding carboxylic acids is 4. The fourth-order valence-electron chi connectivity index (χ4n) is 3.15. The first-order chi connectivity index (χ1) is 13.9. The first-order valence-corrected chi connectivity index (χ1v) is 9.04. The second-order valence-electron chi connectivity index (χ2n) is 6.70. The van der Waals surface area contributed by atoms with Crippen LogP contribution in [-0.4, -0.2) is 37.3 Å². The third kappa shape index (κ3) is 4.78. The average Bonchev–Trinajstić information content (AvgIpc) is 3.09. The molecule has 0 radical (unpaired) electrons. The highest BCUT2D eigenvalue weighted by Crippen LogP contribution is 2.27. The number of ether oxygens (including phenoxy) is 1. The van der Waals surface area contributed by atoms with Gasteiger partial charge in [-0.05, 0) is 42.5 Å². The molecule has 2 aromatic carbocycles. The number of nitrogens with one attached hydrogen (secondary N) is 2. The number of anilines is 3. The van der Waals surface area contributed by atoms with Crippen molar-refractivity contribution in [2.75, 3.05) is 29.2 Å². The van der Waals surface area contributed by atoms with Crippen molar-refractivity contribution in [1.82, 2.24) is 0 Å². The third-order valence-electron chi connectivity index (χ3n) is 4.55. The van der Waals surface area contributed by atoms with E-state index < -0.39 is 11.9 Å². The van der Waals surface area contributed by atoms with E-state index in [0.29, 0.717) is 22.6 Å². The Bertz CT molecular complexity index is 955. The van der Waals surface area contributed by atoms with Gasteiger partial charge in [-0.15, -0.1) is 0 Å². The quantitative estimate of drug-likeness (QED) is 0.757. The highest BCUT2D eigenvalue weighted by Gasteiger charge is 2.35. The summed E-state index contributed by atoms with van der Waals surface area (Å²) < 4.78 is 4.66. The van der Waals surface area contributed by atoms with Crippen LogP contribution in [-0.2, 0) is 19.1 Å². The number of esters is 1. The highest BCUT2D eigenvalue weighted by atomic mass is 16.5. The molecule has 2 aromatic rings. The van der Waals surface area contributed by atoms with Crippen LogP contribution in [0.25, 0.3) is 0 Å². The molecule has 0 spiro atoms. The van der Waals surface area contributed by atoms with Crippen LogP contribution in [0, 0.1) is 5.92 Å². The largest absolute Gasteiger partial charge is 0.465 e. The maximum atomic E-state index is 12.6. The lowest BCUT2D eigenvalue weighted by Crippen LogP contribution is -2.28. The van der Waals surface area contributed by atoms with Crippen LogP contribution in [0.5, 0.6) is 0 Å². The maximum absolute atomic E-state index is 12.6. The Hall–Kier alpha value is -3.68. The molecule has 0 bridgehead atoms. The van der Waals surface area contributed by atoms with E-state index >= 15 is 0 Å². The summed E-state index contributed by atoms with van der Waals surface area (Å²) in [6.07, 6.45) is 0.0932. The molecule has 1 atom stereocenters. The number of nitrogens with zero attached hydrogens (tertiary/aromatic N) is 1. The Morgan fingerprint density at radius 2 is 1.69 bits per heavy atom. The normalized spacial score (nSPS) is 15.7. The van der Waals surface area contributed by atoms with Crippen LogP contribution in [0.2, 0.25) is 0 Å². The Balaban J connectivity index is 1.66. The molecule has 1 unspecified atom stereocenters. The second-order valence-corrected chi connectivity index (χ2v) is 6.70. The summed E-state index contributed by atoms with van der Waals surface area (Å²) >= 11 is 0. The van der Waals surface area contributed by atoms with Gasteiger partial charge in [-0.3, -0.25) is 14.4 Å². The summed E-state index contributed by atoms with van der Waals surface area (Å²) in [4.78, 5) is 49.2. The van der Waals surface area contributed by atoms with Crippen LogP contribution in [0.4, 0.5) is 17.1 Å². The van der Waals surface area contributed by atoms with Crippen molar-refractivity contribution in [3.63, 3.8) is 0 Å². The van der Waals surface area contributed by atoms with E-state index in [-0.39, 0.29) is 30.7 Å². The minimum absolute atomic E-state index is 0.0932. The van der Waals surface area contributed by atoms with Crippen molar-refractivity contribution in [2.24, 2.45) is 5.92 Å². The van der Waals surface area contributed by atoms with E-state index in [1.165, 1.54) is 18.9 Å². The molecule has 29 heavy (non-hydrogen) atoms. The summed E-state index contributed by atoms with van der Waals surface area (Å²) in [5.41, 5.74) is 2.11. The second kappa shape index (κ2) is 8.55. The first kappa shape index (κ1) is 20.1. The fraction of sp³-hybridized carbons (Fsp3) is 0.238. The van der Waals surface area contributed by atoms with Gasteiger partial charge in [-0.25, -0.2) is 4.79 Å². The zero-order valence-electron chi connectivity index (χ0n) is 16.1. The maximum Gasteiger partial charge on any atom is 0.337 e. The number of amides is 3. The molecular weight excluding hydrogens is 374 g/mol.